The fourth-order valence-corrected chi connectivity index (χ4v) is 9.15. The molecule has 2 unspecified atom stereocenters. The second-order valence-corrected chi connectivity index (χ2v) is 13.2. The van der Waals surface area contributed by atoms with Gasteiger partial charge in [0, 0.05) is 13.0 Å². The third-order valence-electron chi connectivity index (χ3n) is 5.15. The summed E-state index contributed by atoms with van der Waals surface area (Å²) in [5.41, 5.74) is 5.35. The molecule has 0 saturated carbocycles. The smallest absolute Gasteiger partial charge is 0.157 e. The molecule has 1 fully saturated rings. The van der Waals surface area contributed by atoms with Crippen LogP contribution >= 0.6 is 0 Å². The molecule has 0 aromatic rings. The summed E-state index contributed by atoms with van der Waals surface area (Å²) in [7, 11) is -1.75. The number of ether oxygens (including phenoxy) is 2. The van der Waals surface area contributed by atoms with Crippen LogP contribution in [0.1, 0.15) is 67.2 Å². The zero-order chi connectivity index (χ0) is 17.5. The molecule has 1 aliphatic rings. The molecule has 1 rings (SSSR count). The molecule has 2 atom stereocenters. The SMILES string of the molecule is CC(C)[Si](C#CC(O)CCOC1CCCCO1)(C(C)C)C(C)C. The first-order chi connectivity index (χ1) is 10.8. The van der Waals surface area contributed by atoms with Crippen LogP contribution in [0, 0.1) is 11.5 Å². The normalized spacial score (nSPS) is 20.7. The maximum atomic E-state index is 10.2. The van der Waals surface area contributed by atoms with Crippen LogP contribution in [0.2, 0.25) is 16.6 Å². The van der Waals surface area contributed by atoms with Crippen LogP contribution in [-0.2, 0) is 9.47 Å². The van der Waals surface area contributed by atoms with Crippen LogP contribution < -0.4 is 0 Å². The first-order valence-corrected chi connectivity index (χ1v) is 11.5. The van der Waals surface area contributed by atoms with Crippen molar-refractivity contribution in [3.8, 4) is 11.5 Å². The minimum atomic E-state index is -1.75. The van der Waals surface area contributed by atoms with Gasteiger partial charge in [-0.05, 0) is 35.9 Å². The summed E-state index contributed by atoms with van der Waals surface area (Å²) in [5, 5.41) is 10.2. The molecule has 0 aromatic carbocycles. The summed E-state index contributed by atoms with van der Waals surface area (Å²) >= 11 is 0. The Morgan fingerprint density at radius 2 is 1.70 bits per heavy atom. The van der Waals surface area contributed by atoms with Crippen LogP contribution in [0.5, 0.6) is 0 Å². The minimum absolute atomic E-state index is 0.0839. The van der Waals surface area contributed by atoms with E-state index < -0.39 is 14.2 Å². The van der Waals surface area contributed by atoms with E-state index in [-0.39, 0.29) is 6.29 Å². The van der Waals surface area contributed by atoms with E-state index in [9.17, 15) is 5.11 Å². The maximum absolute atomic E-state index is 10.2. The average molecular weight is 341 g/mol. The van der Waals surface area contributed by atoms with Crippen molar-refractivity contribution in [3.05, 3.63) is 0 Å². The predicted molar refractivity (Wildman–Crippen MR) is 99.0 cm³/mol. The van der Waals surface area contributed by atoms with Gasteiger partial charge in [0.15, 0.2) is 6.29 Å². The third kappa shape index (κ3) is 5.90. The Labute approximate surface area is 144 Å². The van der Waals surface area contributed by atoms with Crippen molar-refractivity contribution in [2.75, 3.05) is 13.2 Å². The molecule has 4 heteroatoms. The van der Waals surface area contributed by atoms with E-state index in [0.717, 1.165) is 25.9 Å². The van der Waals surface area contributed by atoms with Crippen molar-refractivity contribution in [2.24, 2.45) is 0 Å². The second-order valence-electron chi connectivity index (χ2n) is 7.64. The largest absolute Gasteiger partial charge is 0.380 e. The molecule has 0 spiro atoms. The monoisotopic (exact) mass is 340 g/mol. The van der Waals surface area contributed by atoms with Crippen molar-refractivity contribution in [1.29, 1.82) is 0 Å². The Bertz CT molecular complexity index is 367. The van der Waals surface area contributed by atoms with Gasteiger partial charge >= 0.3 is 0 Å². The van der Waals surface area contributed by atoms with E-state index in [1.807, 2.05) is 0 Å². The van der Waals surface area contributed by atoms with Crippen LogP contribution in [0.3, 0.4) is 0 Å². The van der Waals surface area contributed by atoms with Gasteiger partial charge in [-0.1, -0.05) is 47.5 Å². The molecule has 0 radical (unpaired) electrons. The van der Waals surface area contributed by atoms with Crippen LogP contribution in [0.4, 0.5) is 0 Å². The zero-order valence-corrected chi connectivity index (χ0v) is 16.9. The molecule has 1 heterocycles. The van der Waals surface area contributed by atoms with Gasteiger partial charge in [-0.15, -0.1) is 5.54 Å². The molecule has 3 nitrogen and oxygen atoms in total. The van der Waals surface area contributed by atoms with Gasteiger partial charge in [0.2, 0.25) is 0 Å². The zero-order valence-electron chi connectivity index (χ0n) is 15.9. The van der Waals surface area contributed by atoms with E-state index in [2.05, 4.69) is 53.0 Å². The Morgan fingerprint density at radius 1 is 1.09 bits per heavy atom. The predicted octanol–water partition coefficient (Wildman–Crippen LogP) is 4.50. The molecule has 134 valence electrons. The van der Waals surface area contributed by atoms with Gasteiger partial charge in [0.1, 0.15) is 14.2 Å². The topological polar surface area (TPSA) is 38.7 Å². The summed E-state index contributed by atoms with van der Waals surface area (Å²) in [5.74, 6) is 3.15. The van der Waals surface area contributed by atoms with Crippen molar-refractivity contribution in [2.45, 2.75) is 96.2 Å². The fourth-order valence-electron chi connectivity index (χ4n) is 3.87. The highest BCUT2D eigenvalue weighted by molar-refractivity contribution is 6.90. The molecular formula is C19H36O3Si. The lowest BCUT2D eigenvalue weighted by Gasteiger charge is -2.38. The molecule has 0 bridgehead atoms. The molecule has 0 aromatic heterocycles. The van der Waals surface area contributed by atoms with E-state index in [1.165, 1.54) is 0 Å². The van der Waals surface area contributed by atoms with Gasteiger partial charge in [-0.2, -0.15) is 0 Å². The van der Waals surface area contributed by atoms with Gasteiger partial charge < -0.3 is 14.6 Å². The molecule has 23 heavy (non-hydrogen) atoms. The molecule has 1 N–H and O–H groups in total. The summed E-state index contributed by atoms with van der Waals surface area (Å²) in [6.07, 6.45) is 3.14. The lowest BCUT2D eigenvalue weighted by atomic mass is 10.2. The van der Waals surface area contributed by atoms with Gasteiger partial charge in [-0.25, -0.2) is 0 Å². The number of aliphatic hydroxyl groups excluding tert-OH is 1. The van der Waals surface area contributed by atoms with Crippen molar-refractivity contribution in [1.82, 2.24) is 0 Å². The number of aliphatic hydroxyl groups is 1. The van der Waals surface area contributed by atoms with Crippen LogP contribution in [0.25, 0.3) is 0 Å². The van der Waals surface area contributed by atoms with E-state index in [4.69, 9.17) is 9.47 Å². The standard InChI is InChI=1S/C19H36O3Si/c1-15(2)23(16(3)4,17(5)6)14-11-18(20)10-13-22-19-9-7-8-12-21-19/h15-20H,7-10,12-13H2,1-6H3. The number of hydrogen-bond acceptors (Lipinski definition) is 3. The molecule has 0 amide bonds. The van der Waals surface area contributed by atoms with Crippen molar-refractivity contribution in [3.63, 3.8) is 0 Å². The Balaban J connectivity index is 2.56. The highest BCUT2D eigenvalue weighted by Crippen LogP contribution is 2.40. The number of rotatable bonds is 7. The fraction of sp³-hybridized carbons (Fsp3) is 0.895. The molecular weight excluding hydrogens is 304 g/mol. The van der Waals surface area contributed by atoms with Gasteiger partial charge in [-0.3, -0.25) is 0 Å². The Hall–Kier alpha value is -0.343. The van der Waals surface area contributed by atoms with Gasteiger partial charge in [0.25, 0.3) is 0 Å². The molecule has 1 saturated heterocycles. The molecule has 0 aliphatic carbocycles. The highest BCUT2D eigenvalue weighted by Gasteiger charge is 2.41. The summed E-state index contributed by atoms with van der Waals surface area (Å²) in [6.45, 7) is 15.0. The Morgan fingerprint density at radius 3 is 2.17 bits per heavy atom. The minimum Gasteiger partial charge on any atom is -0.380 e. The van der Waals surface area contributed by atoms with Gasteiger partial charge in [0.05, 0.1) is 6.61 Å². The maximum Gasteiger partial charge on any atom is 0.157 e. The molecule has 1 aliphatic heterocycles. The van der Waals surface area contributed by atoms with Crippen LogP contribution in [-0.4, -0.2) is 38.8 Å². The van der Waals surface area contributed by atoms with Crippen molar-refractivity contribution < 1.29 is 14.6 Å². The number of hydrogen-bond donors (Lipinski definition) is 1. The first-order valence-electron chi connectivity index (χ1n) is 9.24. The van der Waals surface area contributed by atoms with Crippen molar-refractivity contribution >= 4 is 8.07 Å². The summed E-state index contributed by atoms with van der Waals surface area (Å²) < 4.78 is 11.2. The highest BCUT2D eigenvalue weighted by atomic mass is 28.3. The lowest BCUT2D eigenvalue weighted by Crippen LogP contribution is -2.43. The van der Waals surface area contributed by atoms with E-state index >= 15 is 0 Å². The second kappa shape index (κ2) is 9.83. The Kier molecular flexibility index (Phi) is 8.85. The third-order valence-corrected chi connectivity index (χ3v) is 11.5. The average Bonchev–Trinajstić information content (AvgIpc) is 2.47. The lowest BCUT2D eigenvalue weighted by molar-refractivity contribution is -0.164. The summed E-state index contributed by atoms with van der Waals surface area (Å²) in [4.78, 5) is 0. The van der Waals surface area contributed by atoms with E-state index in [1.54, 1.807) is 0 Å². The summed E-state index contributed by atoms with van der Waals surface area (Å²) in [6, 6.07) is 0. The van der Waals surface area contributed by atoms with E-state index in [0.29, 0.717) is 29.7 Å². The quantitative estimate of drug-likeness (QED) is 0.548. The van der Waals surface area contributed by atoms with Crippen LogP contribution in [0.15, 0.2) is 0 Å². The first kappa shape index (κ1) is 20.7.